The van der Waals surface area contributed by atoms with Crippen LogP contribution < -0.4 is 5.32 Å². The highest BCUT2D eigenvalue weighted by Gasteiger charge is 2.14. The summed E-state index contributed by atoms with van der Waals surface area (Å²) in [5.74, 6) is 2.40. The largest absolute Gasteiger partial charge is 0.312 e. The predicted molar refractivity (Wildman–Crippen MR) is 84.6 cm³/mol. The first-order valence-corrected chi connectivity index (χ1v) is 8.00. The van der Waals surface area contributed by atoms with Crippen LogP contribution in [0.15, 0.2) is 24.3 Å². The minimum absolute atomic E-state index is 0.241. The van der Waals surface area contributed by atoms with E-state index in [-0.39, 0.29) is 5.41 Å². The van der Waals surface area contributed by atoms with Crippen LogP contribution in [0.1, 0.15) is 51.3 Å². The lowest BCUT2D eigenvalue weighted by molar-refractivity contribution is 0.588. The molecule has 0 aromatic heterocycles. The molecule has 1 rings (SSSR count). The summed E-state index contributed by atoms with van der Waals surface area (Å²) in [6.07, 6.45) is 1.25. The molecule has 0 saturated carbocycles. The molecular weight excluding hydrogens is 238 g/mol. The van der Waals surface area contributed by atoms with Crippen molar-refractivity contribution in [2.75, 3.05) is 18.6 Å². The molecule has 0 aliphatic carbocycles. The van der Waals surface area contributed by atoms with Gasteiger partial charge in [-0.3, -0.25) is 0 Å². The van der Waals surface area contributed by atoms with Crippen LogP contribution in [0.5, 0.6) is 0 Å². The third-order valence-corrected chi connectivity index (χ3v) is 4.43. The number of hydrogen-bond donors (Lipinski definition) is 1. The minimum atomic E-state index is 0.241. The molecule has 1 atom stereocenters. The van der Waals surface area contributed by atoms with E-state index in [4.69, 9.17) is 0 Å². The topological polar surface area (TPSA) is 12.0 Å². The first kappa shape index (κ1) is 15.6. The van der Waals surface area contributed by atoms with E-state index in [0.29, 0.717) is 6.04 Å². The molecule has 2 heteroatoms. The zero-order valence-corrected chi connectivity index (χ0v) is 13.2. The highest BCUT2D eigenvalue weighted by Crippen LogP contribution is 2.25. The molecule has 0 fully saturated rings. The van der Waals surface area contributed by atoms with Crippen LogP contribution in [0.3, 0.4) is 0 Å². The molecule has 1 aromatic carbocycles. The fourth-order valence-electron chi connectivity index (χ4n) is 1.91. The summed E-state index contributed by atoms with van der Waals surface area (Å²) < 4.78 is 0. The Kier molecular flexibility index (Phi) is 6.24. The normalized spacial score (nSPS) is 13.6. The maximum absolute atomic E-state index is 3.41. The monoisotopic (exact) mass is 265 g/mol. The smallest absolute Gasteiger partial charge is 0.0409 e. The summed E-state index contributed by atoms with van der Waals surface area (Å²) in [7, 11) is 2.05. The van der Waals surface area contributed by atoms with Gasteiger partial charge < -0.3 is 5.32 Å². The van der Waals surface area contributed by atoms with Crippen LogP contribution in [0.4, 0.5) is 0 Å². The van der Waals surface area contributed by atoms with Gasteiger partial charge in [-0.15, -0.1) is 0 Å². The number of thioether (sulfide) groups is 1. The first-order valence-electron chi connectivity index (χ1n) is 6.84. The predicted octanol–water partition coefficient (Wildman–Crippen LogP) is 4.39. The standard InChI is InChI=1S/C16H27NS/c1-6-11-18-12-15(17-5)13-7-9-14(10-8-13)16(2,3)4/h7-10,15,17H,6,11-12H2,1-5H3. The third-order valence-electron chi connectivity index (χ3n) is 3.16. The lowest BCUT2D eigenvalue weighted by Crippen LogP contribution is -2.19. The van der Waals surface area contributed by atoms with Crippen molar-refractivity contribution in [2.45, 2.75) is 45.6 Å². The van der Waals surface area contributed by atoms with Gasteiger partial charge in [0.2, 0.25) is 0 Å². The van der Waals surface area contributed by atoms with Gasteiger partial charge in [-0.2, -0.15) is 11.8 Å². The highest BCUT2D eigenvalue weighted by atomic mass is 32.2. The second-order valence-electron chi connectivity index (χ2n) is 5.79. The van der Waals surface area contributed by atoms with Crippen molar-refractivity contribution in [3.05, 3.63) is 35.4 Å². The summed E-state index contributed by atoms with van der Waals surface area (Å²) in [6, 6.07) is 9.55. The lowest BCUT2D eigenvalue weighted by Gasteiger charge is -2.21. The van der Waals surface area contributed by atoms with Gasteiger partial charge in [0.25, 0.3) is 0 Å². The van der Waals surface area contributed by atoms with Crippen LogP contribution in [-0.4, -0.2) is 18.6 Å². The van der Waals surface area contributed by atoms with Gasteiger partial charge in [0.05, 0.1) is 0 Å². The van der Waals surface area contributed by atoms with Gasteiger partial charge in [0, 0.05) is 11.8 Å². The van der Waals surface area contributed by atoms with Crippen molar-refractivity contribution >= 4 is 11.8 Å². The van der Waals surface area contributed by atoms with Crippen molar-refractivity contribution in [3.8, 4) is 0 Å². The summed E-state index contributed by atoms with van der Waals surface area (Å²) in [5, 5.41) is 3.41. The molecule has 0 heterocycles. The van der Waals surface area contributed by atoms with Gasteiger partial charge in [-0.25, -0.2) is 0 Å². The Bertz CT molecular complexity index is 337. The second kappa shape index (κ2) is 7.20. The molecule has 1 nitrogen and oxygen atoms in total. The SMILES string of the molecule is CCCSCC(NC)c1ccc(C(C)(C)C)cc1. The van der Waals surface area contributed by atoms with Crippen LogP contribution in [0.2, 0.25) is 0 Å². The molecule has 0 aliphatic heterocycles. The molecule has 0 aliphatic rings. The van der Waals surface area contributed by atoms with Gasteiger partial charge in [0.15, 0.2) is 0 Å². The van der Waals surface area contributed by atoms with Crippen LogP contribution in [-0.2, 0) is 5.41 Å². The Morgan fingerprint density at radius 3 is 2.22 bits per heavy atom. The molecule has 18 heavy (non-hydrogen) atoms. The van der Waals surface area contributed by atoms with E-state index in [1.807, 2.05) is 11.8 Å². The van der Waals surface area contributed by atoms with Gasteiger partial charge in [-0.05, 0) is 35.8 Å². The third kappa shape index (κ3) is 4.66. The van der Waals surface area contributed by atoms with Crippen molar-refractivity contribution in [3.63, 3.8) is 0 Å². The number of rotatable bonds is 6. The minimum Gasteiger partial charge on any atom is -0.312 e. The summed E-state index contributed by atoms with van der Waals surface area (Å²) in [5.41, 5.74) is 3.04. The molecule has 102 valence electrons. The molecule has 0 bridgehead atoms. The molecule has 1 aromatic rings. The molecule has 0 radical (unpaired) electrons. The Hall–Kier alpha value is -0.470. The van der Waals surface area contributed by atoms with E-state index in [2.05, 4.69) is 64.3 Å². The van der Waals surface area contributed by atoms with Crippen LogP contribution in [0, 0.1) is 0 Å². The Balaban J connectivity index is 2.69. The Morgan fingerprint density at radius 2 is 1.78 bits per heavy atom. The van der Waals surface area contributed by atoms with E-state index >= 15 is 0 Å². The number of nitrogens with one attached hydrogen (secondary N) is 1. The molecular formula is C16H27NS. The average Bonchev–Trinajstić information content (AvgIpc) is 2.34. The van der Waals surface area contributed by atoms with E-state index in [1.165, 1.54) is 23.3 Å². The summed E-state index contributed by atoms with van der Waals surface area (Å²) in [4.78, 5) is 0. The fourth-order valence-corrected chi connectivity index (χ4v) is 2.96. The molecule has 0 amide bonds. The number of benzene rings is 1. The molecule has 1 unspecified atom stereocenters. The average molecular weight is 265 g/mol. The van der Waals surface area contributed by atoms with E-state index in [9.17, 15) is 0 Å². The molecule has 0 spiro atoms. The second-order valence-corrected chi connectivity index (χ2v) is 6.94. The van der Waals surface area contributed by atoms with Crippen molar-refractivity contribution in [1.29, 1.82) is 0 Å². The van der Waals surface area contributed by atoms with E-state index in [0.717, 1.165) is 5.75 Å². The maximum atomic E-state index is 3.41. The van der Waals surface area contributed by atoms with Gasteiger partial charge in [0.1, 0.15) is 0 Å². The lowest BCUT2D eigenvalue weighted by atomic mass is 9.86. The fraction of sp³-hybridized carbons (Fsp3) is 0.625. The summed E-state index contributed by atoms with van der Waals surface area (Å²) >= 11 is 2.03. The van der Waals surface area contributed by atoms with Gasteiger partial charge in [-0.1, -0.05) is 52.0 Å². The van der Waals surface area contributed by atoms with Crippen molar-refractivity contribution in [1.82, 2.24) is 5.32 Å². The Labute approximate surface area is 117 Å². The summed E-state index contributed by atoms with van der Waals surface area (Å²) in [6.45, 7) is 9.01. The van der Waals surface area contributed by atoms with Gasteiger partial charge >= 0.3 is 0 Å². The zero-order valence-electron chi connectivity index (χ0n) is 12.4. The van der Waals surface area contributed by atoms with E-state index < -0.39 is 0 Å². The van der Waals surface area contributed by atoms with Crippen molar-refractivity contribution in [2.24, 2.45) is 0 Å². The quantitative estimate of drug-likeness (QED) is 0.766. The molecule has 0 saturated heterocycles. The number of hydrogen-bond acceptors (Lipinski definition) is 2. The zero-order chi connectivity index (χ0) is 13.6. The van der Waals surface area contributed by atoms with Crippen LogP contribution in [0.25, 0.3) is 0 Å². The Morgan fingerprint density at radius 1 is 1.17 bits per heavy atom. The first-order chi connectivity index (χ1) is 8.49. The van der Waals surface area contributed by atoms with Crippen molar-refractivity contribution < 1.29 is 0 Å². The highest BCUT2D eigenvalue weighted by molar-refractivity contribution is 7.99. The maximum Gasteiger partial charge on any atom is 0.0409 e. The van der Waals surface area contributed by atoms with Crippen LogP contribution >= 0.6 is 11.8 Å². The molecule has 1 N–H and O–H groups in total. The van der Waals surface area contributed by atoms with E-state index in [1.54, 1.807) is 0 Å².